The quantitative estimate of drug-likeness (QED) is 0.573. The molecule has 1 aliphatic rings. The Hall–Kier alpha value is -1.23. The lowest BCUT2D eigenvalue weighted by Crippen LogP contribution is -3.03. The number of hydroxylamine groups is 1. The maximum Gasteiger partial charge on any atom is 0.162 e. The van der Waals surface area contributed by atoms with Crippen molar-refractivity contribution >= 4 is 11.5 Å². The van der Waals surface area contributed by atoms with Gasteiger partial charge >= 0.3 is 0 Å². The minimum atomic E-state index is -0.653. The summed E-state index contributed by atoms with van der Waals surface area (Å²) in [6.45, 7) is 1.93. The molecule has 0 spiro atoms. The zero-order valence-corrected chi connectivity index (χ0v) is 8.57. The number of fused-ring (bicyclic) bond motifs is 1. The van der Waals surface area contributed by atoms with E-state index in [1.807, 2.05) is 18.2 Å². The summed E-state index contributed by atoms with van der Waals surface area (Å²) < 4.78 is 0. The number of Topliss-reactive ketones (excluding diaryl/α,β-unsaturated/α-hetero) is 1. The van der Waals surface area contributed by atoms with Crippen molar-refractivity contribution in [2.75, 3.05) is 6.54 Å². The molecule has 0 radical (unpaired) electrons. The van der Waals surface area contributed by atoms with Crippen LogP contribution in [-0.2, 0) is 4.79 Å². The third kappa shape index (κ3) is 1.67. The van der Waals surface area contributed by atoms with Crippen molar-refractivity contribution in [3.05, 3.63) is 35.0 Å². The molecule has 15 heavy (non-hydrogen) atoms. The van der Waals surface area contributed by atoms with Crippen LogP contribution in [0.4, 0.5) is 5.69 Å². The van der Waals surface area contributed by atoms with E-state index in [-0.39, 0.29) is 23.3 Å². The molecular formula is C11H14N2O2. The highest BCUT2D eigenvalue weighted by Crippen LogP contribution is 2.24. The number of carbonyl (C=O) groups excluding carboxylic acids is 1. The van der Waals surface area contributed by atoms with Crippen molar-refractivity contribution in [1.29, 1.82) is 0 Å². The average Bonchev–Trinajstić information content (AvgIpc) is 2.33. The first kappa shape index (κ1) is 10.3. The Kier molecular flexibility index (Phi) is 2.56. The van der Waals surface area contributed by atoms with E-state index in [9.17, 15) is 10.0 Å². The molecule has 1 heterocycles. The monoisotopic (exact) mass is 206 g/mol. The predicted molar refractivity (Wildman–Crippen MR) is 56.7 cm³/mol. The lowest BCUT2D eigenvalue weighted by Gasteiger charge is -2.22. The number of carbonyl (C=O) groups is 1. The minimum absolute atomic E-state index is 0.0317. The molecule has 1 aliphatic heterocycles. The van der Waals surface area contributed by atoms with Gasteiger partial charge in [0.05, 0.1) is 0 Å². The van der Waals surface area contributed by atoms with Crippen molar-refractivity contribution in [3.63, 3.8) is 0 Å². The van der Waals surface area contributed by atoms with Crippen LogP contribution in [0.5, 0.6) is 0 Å². The summed E-state index contributed by atoms with van der Waals surface area (Å²) in [5, 5.41) is 11.7. The van der Waals surface area contributed by atoms with Gasteiger partial charge in [-0.25, -0.2) is 0 Å². The zero-order valence-electron chi connectivity index (χ0n) is 8.57. The van der Waals surface area contributed by atoms with Crippen LogP contribution in [0.15, 0.2) is 24.3 Å². The number of rotatable bonds is 0. The molecule has 0 bridgehead atoms. The molecule has 3 atom stereocenters. The summed E-state index contributed by atoms with van der Waals surface area (Å²) in [5.74, 6) is -0.323. The maximum absolute atomic E-state index is 11.8. The zero-order chi connectivity index (χ0) is 11.0. The SMILES string of the molecule is CC1C(=O)C(N)C[NH+]([O-])c2ccccc21. The van der Waals surface area contributed by atoms with Crippen molar-refractivity contribution in [3.8, 4) is 0 Å². The largest absolute Gasteiger partial charge is 0.629 e. The van der Waals surface area contributed by atoms with E-state index < -0.39 is 6.04 Å². The first-order chi connectivity index (χ1) is 7.11. The second-order valence-electron chi connectivity index (χ2n) is 3.95. The summed E-state index contributed by atoms with van der Waals surface area (Å²) in [6, 6.07) is 6.59. The number of hydrogen-bond acceptors (Lipinski definition) is 3. The van der Waals surface area contributed by atoms with Crippen LogP contribution in [0.1, 0.15) is 18.4 Å². The summed E-state index contributed by atoms with van der Waals surface area (Å²) in [6.07, 6.45) is 0. The summed E-state index contributed by atoms with van der Waals surface area (Å²) >= 11 is 0. The summed E-state index contributed by atoms with van der Waals surface area (Å²) in [4.78, 5) is 11.8. The molecule has 0 saturated heterocycles. The van der Waals surface area contributed by atoms with Crippen LogP contribution < -0.4 is 10.8 Å². The van der Waals surface area contributed by atoms with E-state index in [0.29, 0.717) is 5.69 Å². The molecule has 0 aliphatic carbocycles. The minimum Gasteiger partial charge on any atom is -0.629 e. The van der Waals surface area contributed by atoms with Crippen molar-refractivity contribution < 1.29 is 9.86 Å². The third-order valence-corrected chi connectivity index (χ3v) is 2.93. The fraction of sp³-hybridized carbons (Fsp3) is 0.364. The van der Waals surface area contributed by atoms with Crippen LogP contribution in [0, 0.1) is 5.21 Å². The van der Waals surface area contributed by atoms with Crippen molar-refractivity contribution in [2.24, 2.45) is 5.73 Å². The van der Waals surface area contributed by atoms with Gasteiger partial charge in [0.25, 0.3) is 0 Å². The topological polar surface area (TPSA) is 70.6 Å². The molecule has 0 saturated carbocycles. The molecule has 0 aromatic heterocycles. The Morgan fingerprint density at radius 2 is 2.13 bits per heavy atom. The van der Waals surface area contributed by atoms with E-state index in [1.165, 1.54) is 0 Å². The van der Waals surface area contributed by atoms with Crippen LogP contribution >= 0.6 is 0 Å². The fourth-order valence-corrected chi connectivity index (χ4v) is 2.01. The van der Waals surface area contributed by atoms with Crippen LogP contribution in [0.3, 0.4) is 0 Å². The van der Waals surface area contributed by atoms with Crippen LogP contribution in [0.2, 0.25) is 0 Å². The molecule has 1 aromatic carbocycles. The average molecular weight is 206 g/mol. The first-order valence-corrected chi connectivity index (χ1v) is 5.02. The molecule has 4 heteroatoms. The second-order valence-corrected chi connectivity index (χ2v) is 3.95. The number of benzene rings is 1. The summed E-state index contributed by atoms with van der Waals surface area (Å²) in [5.41, 5.74) is 7.12. The van der Waals surface area contributed by atoms with Gasteiger partial charge in [-0.3, -0.25) is 4.79 Å². The Morgan fingerprint density at radius 1 is 1.47 bits per heavy atom. The second kappa shape index (κ2) is 3.73. The standard InChI is InChI=1S/C11H14N2O2/c1-7-8-4-2-3-5-10(8)13(15)6-9(12)11(7)14/h2-5,7,9,13H,6,12H2,1H3. The van der Waals surface area contributed by atoms with Crippen molar-refractivity contribution in [2.45, 2.75) is 18.9 Å². The highest BCUT2D eigenvalue weighted by molar-refractivity contribution is 5.91. The molecule has 80 valence electrons. The van der Waals surface area contributed by atoms with Gasteiger partial charge in [-0.1, -0.05) is 25.1 Å². The highest BCUT2D eigenvalue weighted by atomic mass is 16.5. The number of nitrogens with one attached hydrogen (secondary N) is 1. The smallest absolute Gasteiger partial charge is 0.162 e. The molecule has 3 unspecified atom stereocenters. The normalized spacial score (nSPS) is 30.9. The van der Waals surface area contributed by atoms with Gasteiger partial charge in [0.2, 0.25) is 0 Å². The third-order valence-electron chi connectivity index (χ3n) is 2.93. The first-order valence-electron chi connectivity index (χ1n) is 5.02. The van der Waals surface area contributed by atoms with Gasteiger partial charge < -0.3 is 16.0 Å². The van der Waals surface area contributed by atoms with Gasteiger partial charge in [-0.05, 0) is 6.07 Å². The van der Waals surface area contributed by atoms with Crippen molar-refractivity contribution in [1.82, 2.24) is 0 Å². The van der Waals surface area contributed by atoms with E-state index in [1.54, 1.807) is 13.0 Å². The Labute approximate surface area is 88.3 Å². The molecular weight excluding hydrogens is 192 g/mol. The van der Waals surface area contributed by atoms with Gasteiger partial charge in [-0.2, -0.15) is 0 Å². The lowest BCUT2D eigenvalue weighted by molar-refractivity contribution is -0.776. The van der Waals surface area contributed by atoms with E-state index in [2.05, 4.69) is 0 Å². The highest BCUT2D eigenvalue weighted by Gasteiger charge is 2.31. The molecule has 4 nitrogen and oxygen atoms in total. The maximum atomic E-state index is 11.8. The van der Waals surface area contributed by atoms with Gasteiger partial charge in [0.1, 0.15) is 18.3 Å². The Balaban J connectivity index is 2.52. The molecule has 1 aromatic rings. The number of nitrogens with two attached hydrogens (primary N) is 1. The Morgan fingerprint density at radius 3 is 2.87 bits per heavy atom. The van der Waals surface area contributed by atoms with Gasteiger partial charge in [0, 0.05) is 11.5 Å². The molecule has 2 rings (SSSR count). The number of hydrogen-bond donors (Lipinski definition) is 2. The van der Waals surface area contributed by atoms with Gasteiger partial charge in [-0.15, -0.1) is 0 Å². The number of ketones is 1. The Bertz CT molecular complexity index is 392. The molecule has 0 amide bonds. The fourth-order valence-electron chi connectivity index (χ4n) is 2.01. The van der Waals surface area contributed by atoms with Crippen LogP contribution in [-0.4, -0.2) is 18.4 Å². The number of quaternary nitrogens is 1. The predicted octanol–water partition coefficient (Wildman–Crippen LogP) is -0.286. The summed E-state index contributed by atoms with van der Waals surface area (Å²) in [7, 11) is 0. The van der Waals surface area contributed by atoms with E-state index in [4.69, 9.17) is 5.73 Å². The van der Waals surface area contributed by atoms with Gasteiger partial charge in [0.15, 0.2) is 5.78 Å². The lowest BCUT2D eigenvalue weighted by atomic mass is 9.93. The van der Waals surface area contributed by atoms with Crippen LogP contribution in [0.25, 0.3) is 0 Å². The van der Waals surface area contributed by atoms with E-state index >= 15 is 0 Å². The molecule has 0 fully saturated rings. The number of para-hydroxylation sites is 1. The van der Waals surface area contributed by atoms with E-state index in [0.717, 1.165) is 5.56 Å². The molecule has 3 N–H and O–H groups in total.